The van der Waals surface area contributed by atoms with Gasteiger partial charge in [-0.15, -0.1) is 0 Å². The average Bonchev–Trinajstić information content (AvgIpc) is 3.01. The van der Waals surface area contributed by atoms with E-state index in [1.807, 2.05) is 22.9 Å². The second kappa shape index (κ2) is 6.50. The van der Waals surface area contributed by atoms with Crippen LogP contribution in [-0.4, -0.2) is 35.1 Å². The highest BCUT2D eigenvalue weighted by molar-refractivity contribution is 5.85. The second-order valence-electron chi connectivity index (χ2n) is 7.28. The zero-order chi connectivity index (χ0) is 17.3. The van der Waals surface area contributed by atoms with Gasteiger partial charge in [-0.1, -0.05) is 12.1 Å². The fourth-order valence-electron chi connectivity index (χ4n) is 3.69. The fourth-order valence-corrected chi connectivity index (χ4v) is 3.69. The Bertz CT molecular complexity index is 742. The van der Waals surface area contributed by atoms with Crippen LogP contribution in [0.4, 0.5) is 10.1 Å². The van der Waals surface area contributed by atoms with Crippen molar-refractivity contribution in [3.8, 4) is 0 Å². The molecule has 1 atom stereocenters. The van der Waals surface area contributed by atoms with Gasteiger partial charge in [-0.3, -0.25) is 4.79 Å². The molecule has 0 bridgehead atoms. The molecule has 6 heteroatoms. The summed E-state index contributed by atoms with van der Waals surface area (Å²) in [5.74, 6) is 0.336. The van der Waals surface area contributed by atoms with Crippen LogP contribution in [0, 0.1) is 17.2 Å². The second-order valence-corrected chi connectivity index (χ2v) is 7.28. The zero-order valence-electron chi connectivity index (χ0n) is 14.2. The van der Waals surface area contributed by atoms with Gasteiger partial charge in [0, 0.05) is 38.6 Å². The molecule has 0 radical (unpaired) electrons. The Labute approximate surface area is 146 Å². The summed E-state index contributed by atoms with van der Waals surface area (Å²) in [7, 11) is 0. The SMILES string of the molecule is O=C(NC[C@H]1CCN(c2ccccc2F)C1)C1(Cn2ccnc2)CC1. The highest BCUT2D eigenvalue weighted by atomic mass is 19.1. The van der Waals surface area contributed by atoms with Crippen LogP contribution in [0.25, 0.3) is 0 Å². The molecule has 5 nitrogen and oxygen atoms in total. The van der Waals surface area contributed by atoms with Crippen molar-refractivity contribution in [2.75, 3.05) is 24.5 Å². The monoisotopic (exact) mass is 342 g/mol. The van der Waals surface area contributed by atoms with Crippen LogP contribution in [0.5, 0.6) is 0 Å². The molecule has 4 rings (SSSR count). The van der Waals surface area contributed by atoms with E-state index >= 15 is 0 Å². The summed E-state index contributed by atoms with van der Waals surface area (Å²) in [6.07, 6.45) is 8.24. The summed E-state index contributed by atoms with van der Waals surface area (Å²) in [5.41, 5.74) is 0.403. The zero-order valence-corrected chi connectivity index (χ0v) is 14.2. The Morgan fingerprint density at radius 1 is 1.36 bits per heavy atom. The number of nitrogens with zero attached hydrogens (tertiary/aromatic N) is 3. The van der Waals surface area contributed by atoms with E-state index in [0.29, 0.717) is 24.7 Å². The quantitative estimate of drug-likeness (QED) is 0.877. The van der Waals surface area contributed by atoms with E-state index in [1.54, 1.807) is 18.6 Å². The van der Waals surface area contributed by atoms with E-state index in [9.17, 15) is 9.18 Å². The molecule has 1 N–H and O–H groups in total. The standard InChI is InChI=1S/C19H23FN4O/c20-16-3-1-2-4-17(16)24-9-5-15(12-24)11-22-18(25)19(6-7-19)13-23-10-8-21-14-23/h1-4,8,10,14-15H,5-7,9,11-13H2,(H,22,25)/t15-/m1/s1. The first kappa shape index (κ1) is 16.1. The Balaban J connectivity index is 1.29. The number of benzene rings is 1. The Kier molecular flexibility index (Phi) is 4.19. The van der Waals surface area contributed by atoms with E-state index < -0.39 is 0 Å². The summed E-state index contributed by atoms with van der Waals surface area (Å²) in [6.45, 7) is 2.98. The molecule has 132 valence electrons. The maximum atomic E-state index is 13.9. The average molecular weight is 342 g/mol. The number of anilines is 1. The van der Waals surface area contributed by atoms with Gasteiger partial charge in [-0.25, -0.2) is 9.37 Å². The topological polar surface area (TPSA) is 50.2 Å². The van der Waals surface area contributed by atoms with Crippen LogP contribution in [-0.2, 0) is 11.3 Å². The van der Waals surface area contributed by atoms with E-state index in [0.717, 1.165) is 32.4 Å². The highest BCUT2D eigenvalue weighted by Crippen LogP contribution is 2.47. The van der Waals surface area contributed by atoms with Crippen molar-refractivity contribution in [1.82, 2.24) is 14.9 Å². The van der Waals surface area contributed by atoms with Gasteiger partial charge in [0.05, 0.1) is 17.4 Å². The minimum absolute atomic E-state index is 0.144. The van der Waals surface area contributed by atoms with Crippen LogP contribution in [0.1, 0.15) is 19.3 Å². The van der Waals surface area contributed by atoms with E-state index in [4.69, 9.17) is 0 Å². The maximum Gasteiger partial charge on any atom is 0.228 e. The Morgan fingerprint density at radius 2 is 2.20 bits per heavy atom. The lowest BCUT2D eigenvalue weighted by atomic mass is 10.0. The highest BCUT2D eigenvalue weighted by Gasteiger charge is 2.50. The molecular formula is C19H23FN4O. The molecule has 0 spiro atoms. The third-order valence-corrected chi connectivity index (χ3v) is 5.41. The van der Waals surface area contributed by atoms with Crippen LogP contribution in [0.2, 0.25) is 0 Å². The van der Waals surface area contributed by atoms with E-state index in [-0.39, 0.29) is 17.1 Å². The van der Waals surface area contributed by atoms with E-state index in [1.165, 1.54) is 6.07 Å². The van der Waals surface area contributed by atoms with Gasteiger partial charge in [0.25, 0.3) is 0 Å². The first-order valence-corrected chi connectivity index (χ1v) is 8.90. The summed E-state index contributed by atoms with van der Waals surface area (Å²) in [6, 6.07) is 6.89. The van der Waals surface area contributed by atoms with Gasteiger partial charge in [0.1, 0.15) is 5.82 Å². The van der Waals surface area contributed by atoms with Crippen molar-refractivity contribution in [2.24, 2.45) is 11.3 Å². The molecule has 25 heavy (non-hydrogen) atoms. The summed E-state index contributed by atoms with van der Waals surface area (Å²) in [4.78, 5) is 18.7. The largest absolute Gasteiger partial charge is 0.369 e. The molecule has 2 heterocycles. The van der Waals surface area contributed by atoms with Crippen LogP contribution < -0.4 is 10.2 Å². The minimum Gasteiger partial charge on any atom is -0.369 e. The maximum absolute atomic E-state index is 13.9. The minimum atomic E-state index is -0.259. The number of rotatable bonds is 6. The van der Waals surface area contributed by atoms with Crippen molar-refractivity contribution in [3.05, 3.63) is 48.8 Å². The molecule has 1 aliphatic carbocycles. The lowest BCUT2D eigenvalue weighted by Gasteiger charge is -2.20. The lowest BCUT2D eigenvalue weighted by molar-refractivity contribution is -0.127. The Morgan fingerprint density at radius 3 is 2.92 bits per heavy atom. The van der Waals surface area contributed by atoms with Crippen LogP contribution in [0.15, 0.2) is 43.0 Å². The van der Waals surface area contributed by atoms with Crippen molar-refractivity contribution in [1.29, 1.82) is 0 Å². The number of para-hydroxylation sites is 1. The number of aromatic nitrogens is 2. The summed E-state index contributed by atoms with van der Waals surface area (Å²) in [5, 5.41) is 3.13. The predicted octanol–water partition coefficient (Wildman–Crippen LogP) is 2.45. The van der Waals surface area contributed by atoms with Gasteiger partial charge < -0.3 is 14.8 Å². The number of nitrogens with one attached hydrogen (secondary N) is 1. The van der Waals surface area contributed by atoms with Crippen molar-refractivity contribution < 1.29 is 9.18 Å². The van der Waals surface area contributed by atoms with Crippen LogP contribution in [0.3, 0.4) is 0 Å². The summed E-state index contributed by atoms with van der Waals surface area (Å²) >= 11 is 0. The number of hydrogen-bond acceptors (Lipinski definition) is 3. The lowest BCUT2D eigenvalue weighted by Crippen LogP contribution is -2.38. The normalized spacial score (nSPS) is 21.3. The molecule has 1 aliphatic heterocycles. The molecule has 2 fully saturated rings. The molecular weight excluding hydrogens is 319 g/mol. The molecule has 1 amide bonds. The molecule has 1 saturated heterocycles. The predicted molar refractivity (Wildman–Crippen MR) is 93.6 cm³/mol. The fraction of sp³-hybridized carbons (Fsp3) is 0.474. The number of carbonyl (C=O) groups is 1. The molecule has 1 aromatic heterocycles. The smallest absolute Gasteiger partial charge is 0.228 e. The molecule has 1 saturated carbocycles. The van der Waals surface area contributed by atoms with Gasteiger partial charge >= 0.3 is 0 Å². The van der Waals surface area contributed by atoms with Gasteiger partial charge in [-0.05, 0) is 37.3 Å². The van der Waals surface area contributed by atoms with E-state index in [2.05, 4.69) is 15.2 Å². The van der Waals surface area contributed by atoms with Crippen molar-refractivity contribution in [2.45, 2.75) is 25.8 Å². The first-order chi connectivity index (χ1) is 12.2. The number of halogens is 1. The third kappa shape index (κ3) is 3.38. The third-order valence-electron chi connectivity index (χ3n) is 5.41. The van der Waals surface area contributed by atoms with Crippen molar-refractivity contribution >= 4 is 11.6 Å². The number of imidazole rings is 1. The van der Waals surface area contributed by atoms with Crippen LogP contribution >= 0.6 is 0 Å². The van der Waals surface area contributed by atoms with Gasteiger partial charge in [0.2, 0.25) is 5.91 Å². The van der Waals surface area contributed by atoms with Gasteiger partial charge in [0.15, 0.2) is 0 Å². The van der Waals surface area contributed by atoms with Crippen molar-refractivity contribution in [3.63, 3.8) is 0 Å². The molecule has 0 unspecified atom stereocenters. The molecule has 2 aromatic rings. The number of carbonyl (C=O) groups excluding carboxylic acids is 1. The summed E-state index contributed by atoms with van der Waals surface area (Å²) < 4.78 is 15.9. The Hall–Kier alpha value is -2.37. The number of amides is 1. The first-order valence-electron chi connectivity index (χ1n) is 8.90. The van der Waals surface area contributed by atoms with Gasteiger partial charge in [-0.2, -0.15) is 0 Å². The molecule has 2 aliphatic rings. The molecule has 1 aromatic carbocycles. The number of hydrogen-bond donors (Lipinski definition) is 1.